The van der Waals surface area contributed by atoms with E-state index in [1.165, 1.54) is 0 Å². The molecule has 0 amide bonds. The van der Waals surface area contributed by atoms with Gasteiger partial charge in [0, 0.05) is 12.8 Å². The Balaban J connectivity index is 2.84. The number of Topliss-reactive ketones (excluding diaryl/α,β-unsaturated/α-hetero) is 1. The minimum Gasteiger partial charge on any atom is -0.481 e. The summed E-state index contributed by atoms with van der Waals surface area (Å²) < 4.78 is 0. The van der Waals surface area contributed by atoms with Gasteiger partial charge in [-0.3, -0.25) is 9.59 Å². The summed E-state index contributed by atoms with van der Waals surface area (Å²) in [5.74, 6) is -3.40. The van der Waals surface area contributed by atoms with Gasteiger partial charge >= 0.3 is 11.9 Å². The zero-order chi connectivity index (χ0) is 14.5. The molecule has 6 nitrogen and oxygen atoms in total. The van der Waals surface area contributed by atoms with E-state index < -0.39 is 36.1 Å². The van der Waals surface area contributed by atoms with Crippen molar-refractivity contribution in [3.05, 3.63) is 35.9 Å². The summed E-state index contributed by atoms with van der Waals surface area (Å²) in [5.41, 5.74) is 4.05. The molecule has 0 saturated carbocycles. The van der Waals surface area contributed by atoms with E-state index >= 15 is 0 Å². The fourth-order valence-corrected chi connectivity index (χ4v) is 1.61. The van der Waals surface area contributed by atoms with E-state index in [1.807, 2.05) is 0 Å². The number of carbonyl (C=O) groups excluding carboxylic acids is 1. The molecular formula is C13H15NO5. The maximum absolute atomic E-state index is 12.0. The van der Waals surface area contributed by atoms with Crippen LogP contribution in [0.25, 0.3) is 0 Å². The van der Waals surface area contributed by atoms with Crippen LogP contribution in [0.1, 0.15) is 18.4 Å². The van der Waals surface area contributed by atoms with Crippen LogP contribution in [0.15, 0.2) is 30.3 Å². The molecule has 0 spiro atoms. The molecule has 0 aliphatic carbocycles. The number of hydrogen-bond acceptors (Lipinski definition) is 4. The number of carboxylic acid groups (broad SMARTS) is 2. The average molecular weight is 265 g/mol. The SMILES string of the molecule is NC(CCC(=O)O)(C(=O)O)C(=O)Cc1ccccc1. The van der Waals surface area contributed by atoms with Crippen molar-refractivity contribution in [2.75, 3.05) is 0 Å². The highest BCUT2D eigenvalue weighted by Crippen LogP contribution is 2.15. The van der Waals surface area contributed by atoms with Gasteiger partial charge in [0.25, 0.3) is 0 Å². The van der Waals surface area contributed by atoms with Crippen molar-refractivity contribution in [2.45, 2.75) is 24.8 Å². The highest BCUT2D eigenvalue weighted by atomic mass is 16.4. The van der Waals surface area contributed by atoms with Crippen LogP contribution in [0.3, 0.4) is 0 Å². The molecule has 102 valence electrons. The van der Waals surface area contributed by atoms with Crippen LogP contribution in [-0.4, -0.2) is 33.5 Å². The molecule has 1 aromatic carbocycles. The smallest absolute Gasteiger partial charge is 0.331 e. The summed E-state index contributed by atoms with van der Waals surface area (Å²) in [6.45, 7) is 0. The Morgan fingerprint density at radius 3 is 2.16 bits per heavy atom. The van der Waals surface area contributed by atoms with Crippen molar-refractivity contribution in [1.82, 2.24) is 0 Å². The Morgan fingerprint density at radius 1 is 1.11 bits per heavy atom. The van der Waals surface area contributed by atoms with Gasteiger partial charge in [0.15, 0.2) is 11.3 Å². The number of carbonyl (C=O) groups is 3. The lowest BCUT2D eigenvalue weighted by Crippen LogP contribution is -2.55. The second-order valence-corrected chi connectivity index (χ2v) is 4.26. The molecular weight excluding hydrogens is 250 g/mol. The first-order valence-corrected chi connectivity index (χ1v) is 5.67. The van der Waals surface area contributed by atoms with Gasteiger partial charge in [0.05, 0.1) is 0 Å². The number of hydrogen-bond donors (Lipinski definition) is 3. The third-order valence-corrected chi connectivity index (χ3v) is 2.82. The number of rotatable bonds is 7. The Bertz CT molecular complexity index is 485. The molecule has 4 N–H and O–H groups in total. The van der Waals surface area contributed by atoms with Crippen LogP contribution in [0.4, 0.5) is 0 Å². The first-order chi connectivity index (χ1) is 8.86. The van der Waals surface area contributed by atoms with Crippen LogP contribution in [0.2, 0.25) is 0 Å². The van der Waals surface area contributed by atoms with Gasteiger partial charge in [-0.1, -0.05) is 30.3 Å². The molecule has 19 heavy (non-hydrogen) atoms. The van der Waals surface area contributed by atoms with Crippen molar-refractivity contribution in [3.8, 4) is 0 Å². The molecule has 1 rings (SSSR count). The molecule has 0 heterocycles. The van der Waals surface area contributed by atoms with Gasteiger partial charge in [-0.25, -0.2) is 4.79 Å². The highest BCUT2D eigenvalue weighted by Gasteiger charge is 2.41. The lowest BCUT2D eigenvalue weighted by molar-refractivity contribution is -0.149. The molecule has 0 radical (unpaired) electrons. The van der Waals surface area contributed by atoms with Crippen molar-refractivity contribution in [2.24, 2.45) is 5.73 Å². The van der Waals surface area contributed by atoms with Crippen molar-refractivity contribution >= 4 is 17.7 Å². The van der Waals surface area contributed by atoms with E-state index in [9.17, 15) is 14.4 Å². The summed E-state index contributed by atoms with van der Waals surface area (Å²) in [5, 5.41) is 17.6. The van der Waals surface area contributed by atoms with E-state index in [4.69, 9.17) is 15.9 Å². The largest absolute Gasteiger partial charge is 0.481 e. The number of ketones is 1. The zero-order valence-electron chi connectivity index (χ0n) is 10.2. The predicted molar refractivity (Wildman–Crippen MR) is 66.6 cm³/mol. The second kappa shape index (κ2) is 6.10. The van der Waals surface area contributed by atoms with Crippen molar-refractivity contribution < 1.29 is 24.6 Å². The van der Waals surface area contributed by atoms with Crippen LogP contribution < -0.4 is 5.73 Å². The summed E-state index contributed by atoms with van der Waals surface area (Å²) in [7, 11) is 0. The molecule has 1 unspecified atom stereocenters. The van der Waals surface area contributed by atoms with Gasteiger partial charge in [0.1, 0.15) is 0 Å². The maximum Gasteiger partial charge on any atom is 0.331 e. The fourth-order valence-electron chi connectivity index (χ4n) is 1.61. The Labute approximate surface area is 109 Å². The summed E-state index contributed by atoms with van der Waals surface area (Å²) in [6.07, 6.45) is -1.03. The van der Waals surface area contributed by atoms with Gasteiger partial charge in [-0.15, -0.1) is 0 Å². The number of aliphatic carboxylic acids is 2. The molecule has 0 aliphatic heterocycles. The van der Waals surface area contributed by atoms with E-state index in [1.54, 1.807) is 30.3 Å². The third kappa shape index (κ3) is 3.89. The lowest BCUT2D eigenvalue weighted by atomic mass is 9.86. The van der Waals surface area contributed by atoms with Crippen LogP contribution in [0.5, 0.6) is 0 Å². The van der Waals surface area contributed by atoms with Crippen molar-refractivity contribution in [3.63, 3.8) is 0 Å². The predicted octanol–water partition coefficient (Wildman–Crippen LogP) is 0.445. The topological polar surface area (TPSA) is 118 Å². The first kappa shape index (κ1) is 14.8. The average Bonchev–Trinajstić information content (AvgIpc) is 2.36. The summed E-state index contributed by atoms with van der Waals surface area (Å²) >= 11 is 0. The molecule has 1 aromatic rings. The second-order valence-electron chi connectivity index (χ2n) is 4.26. The summed E-state index contributed by atoms with van der Waals surface area (Å²) in [6, 6.07) is 8.57. The standard InChI is InChI=1S/C13H15NO5/c14-13(12(18)19,7-6-11(16)17)10(15)8-9-4-2-1-3-5-9/h1-5H,6-8,14H2,(H,16,17)(H,18,19). The molecule has 0 aliphatic rings. The van der Waals surface area contributed by atoms with Crippen LogP contribution in [-0.2, 0) is 20.8 Å². The fraction of sp³-hybridized carbons (Fsp3) is 0.308. The third-order valence-electron chi connectivity index (χ3n) is 2.82. The number of carboxylic acids is 2. The first-order valence-electron chi connectivity index (χ1n) is 5.67. The maximum atomic E-state index is 12.0. The van der Waals surface area contributed by atoms with Crippen molar-refractivity contribution in [1.29, 1.82) is 0 Å². The zero-order valence-corrected chi connectivity index (χ0v) is 10.2. The van der Waals surface area contributed by atoms with E-state index in [-0.39, 0.29) is 6.42 Å². The van der Waals surface area contributed by atoms with Crippen LogP contribution in [0, 0.1) is 0 Å². The van der Waals surface area contributed by atoms with Gasteiger partial charge in [0.2, 0.25) is 0 Å². The Hall–Kier alpha value is -2.21. The monoisotopic (exact) mass is 265 g/mol. The minimum absolute atomic E-state index is 0.136. The lowest BCUT2D eigenvalue weighted by Gasteiger charge is -2.22. The minimum atomic E-state index is -2.16. The summed E-state index contributed by atoms with van der Waals surface area (Å²) in [4.78, 5) is 33.6. The highest BCUT2D eigenvalue weighted by molar-refractivity contribution is 6.08. The quantitative estimate of drug-likeness (QED) is 0.616. The van der Waals surface area contributed by atoms with E-state index in [2.05, 4.69) is 0 Å². The Kier molecular flexibility index (Phi) is 4.77. The van der Waals surface area contributed by atoms with E-state index in [0.717, 1.165) is 0 Å². The molecule has 0 bridgehead atoms. The molecule has 1 atom stereocenters. The van der Waals surface area contributed by atoms with Gasteiger partial charge < -0.3 is 15.9 Å². The molecule has 0 saturated heterocycles. The van der Waals surface area contributed by atoms with Gasteiger partial charge in [-0.2, -0.15) is 0 Å². The van der Waals surface area contributed by atoms with Crippen LogP contribution >= 0.6 is 0 Å². The van der Waals surface area contributed by atoms with E-state index in [0.29, 0.717) is 5.56 Å². The molecule has 0 aromatic heterocycles. The molecule has 0 fully saturated rings. The number of benzene rings is 1. The molecule has 6 heteroatoms. The normalized spacial score (nSPS) is 13.5. The Morgan fingerprint density at radius 2 is 1.68 bits per heavy atom. The number of nitrogens with two attached hydrogens (primary N) is 1. The van der Waals surface area contributed by atoms with Gasteiger partial charge in [-0.05, 0) is 12.0 Å².